The zero-order chi connectivity index (χ0) is 13.4. The highest BCUT2D eigenvalue weighted by Crippen LogP contribution is 2.33. The van der Waals surface area contributed by atoms with E-state index < -0.39 is 12.0 Å². The van der Waals surface area contributed by atoms with Gasteiger partial charge in [0.2, 0.25) is 5.89 Å². The number of nitrogens with zero attached hydrogens (tertiary/aromatic N) is 2. The van der Waals surface area contributed by atoms with Gasteiger partial charge in [-0.05, 0) is 27.9 Å². The van der Waals surface area contributed by atoms with Crippen LogP contribution in [0.1, 0.15) is 57.4 Å². The summed E-state index contributed by atoms with van der Waals surface area (Å²) in [7, 11) is 3.72. The Balaban J connectivity index is 3.25. The Morgan fingerprint density at radius 3 is 2.06 bits per heavy atom. The van der Waals surface area contributed by atoms with Gasteiger partial charge in [-0.2, -0.15) is 0 Å². The van der Waals surface area contributed by atoms with E-state index in [0.717, 1.165) is 0 Å². The van der Waals surface area contributed by atoms with Crippen LogP contribution in [0.4, 0.5) is 8.78 Å². The lowest BCUT2D eigenvalue weighted by molar-refractivity contribution is 0.143. The molecule has 0 fully saturated rings. The number of hydrogen-bond donors (Lipinski definition) is 0. The molecule has 17 heavy (non-hydrogen) atoms. The Bertz CT molecular complexity index is 358. The lowest BCUT2D eigenvalue weighted by Gasteiger charge is -2.28. The second kappa shape index (κ2) is 4.72. The van der Waals surface area contributed by atoms with Gasteiger partial charge >= 0.3 is 0 Å². The first-order valence-corrected chi connectivity index (χ1v) is 5.64. The van der Waals surface area contributed by atoms with Crippen LogP contribution in [0.3, 0.4) is 0 Å². The van der Waals surface area contributed by atoms with Gasteiger partial charge < -0.3 is 4.42 Å². The van der Waals surface area contributed by atoms with Crippen molar-refractivity contribution in [3.05, 3.63) is 17.3 Å². The third kappa shape index (κ3) is 2.65. The molecular weight excluding hydrogens is 226 g/mol. The Hall–Kier alpha value is -0.970. The molecule has 0 unspecified atom stereocenters. The molecule has 0 aliphatic heterocycles. The molecule has 1 rings (SSSR count). The minimum atomic E-state index is -2.59. The van der Waals surface area contributed by atoms with Crippen LogP contribution in [0.25, 0.3) is 0 Å². The largest absolute Gasteiger partial charge is 0.443 e. The van der Waals surface area contributed by atoms with Gasteiger partial charge in [-0.15, -0.1) is 0 Å². The number of oxazole rings is 1. The molecule has 98 valence electrons. The van der Waals surface area contributed by atoms with E-state index in [1.54, 1.807) is 0 Å². The minimum absolute atomic E-state index is 0.0989. The van der Waals surface area contributed by atoms with Crippen LogP contribution in [-0.2, 0) is 5.54 Å². The molecule has 0 saturated carbocycles. The van der Waals surface area contributed by atoms with Crippen molar-refractivity contribution in [3.63, 3.8) is 0 Å². The second-order valence-electron chi connectivity index (χ2n) is 5.18. The van der Waals surface area contributed by atoms with Crippen LogP contribution in [0, 0.1) is 0 Å². The van der Waals surface area contributed by atoms with Crippen molar-refractivity contribution in [1.82, 2.24) is 9.88 Å². The van der Waals surface area contributed by atoms with Crippen molar-refractivity contribution in [2.24, 2.45) is 0 Å². The Labute approximate surface area is 101 Å². The molecule has 0 bridgehead atoms. The fourth-order valence-electron chi connectivity index (χ4n) is 1.37. The van der Waals surface area contributed by atoms with Gasteiger partial charge in [-0.1, -0.05) is 13.8 Å². The number of aromatic nitrogens is 1. The van der Waals surface area contributed by atoms with E-state index in [9.17, 15) is 8.78 Å². The lowest BCUT2D eigenvalue weighted by Crippen LogP contribution is -2.35. The van der Waals surface area contributed by atoms with Gasteiger partial charge in [-0.25, -0.2) is 13.8 Å². The molecule has 0 atom stereocenters. The highest BCUT2D eigenvalue weighted by atomic mass is 19.3. The number of alkyl halides is 2. The van der Waals surface area contributed by atoms with Gasteiger partial charge in [0, 0.05) is 5.92 Å². The smallest absolute Gasteiger partial charge is 0.283 e. The maximum atomic E-state index is 12.9. The van der Waals surface area contributed by atoms with Crippen LogP contribution in [0.5, 0.6) is 0 Å². The summed E-state index contributed by atoms with van der Waals surface area (Å²) < 4.78 is 31.2. The third-order valence-corrected chi connectivity index (χ3v) is 3.05. The molecule has 1 aromatic heterocycles. The van der Waals surface area contributed by atoms with Crippen molar-refractivity contribution in [2.75, 3.05) is 14.1 Å². The summed E-state index contributed by atoms with van der Waals surface area (Å²) in [5.41, 5.74) is -0.735. The minimum Gasteiger partial charge on any atom is -0.443 e. The first-order valence-electron chi connectivity index (χ1n) is 5.64. The normalized spacial score (nSPS) is 13.1. The topological polar surface area (TPSA) is 29.3 Å². The third-order valence-electron chi connectivity index (χ3n) is 3.05. The average Bonchev–Trinajstić information content (AvgIpc) is 2.61. The number of halogens is 2. The van der Waals surface area contributed by atoms with E-state index in [1.165, 1.54) is 0 Å². The fraction of sp³-hybridized carbons (Fsp3) is 0.750. The zero-order valence-corrected chi connectivity index (χ0v) is 11.2. The predicted molar refractivity (Wildman–Crippen MR) is 62.3 cm³/mol. The zero-order valence-electron chi connectivity index (χ0n) is 11.2. The SMILES string of the molecule is CC(C)c1oc(C(C)(C)N(C)C)nc1C(F)F. The van der Waals surface area contributed by atoms with E-state index in [-0.39, 0.29) is 17.4 Å². The summed E-state index contributed by atoms with van der Waals surface area (Å²) in [5, 5.41) is 0. The summed E-state index contributed by atoms with van der Waals surface area (Å²) >= 11 is 0. The summed E-state index contributed by atoms with van der Waals surface area (Å²) in [6, 6.07) is 0. The van der Waals surface area contributed by atoms with Gasteiger partial charge in [0.1, 0.15) is 11.5 Å². The van der Waals surface area contributed by atoms with Crippen molar-refractivity contribution >= 4 is 0 Å². The number of hydrogen-bond acceptors (Lipinski definition) is 3. The van der Waals surface area contributed by atoms with Crippen molar-refractivity contribution < 1.29 is 13.2 Å². The van der Waals surface area contributed by atoms with Crippen molar-refractivity contribution in [1.29, 1.82) is 0 Å². The van der Waals surface area contributed by atoms with Gasteiger partial charge in [-0.3, -0.25) is 4.90 Å². The molecule has 0 saturated heterocycles. The highest BCUT2D eigenvalue weighted by Gasteiger charge is 2.33. The molecule has 0 N–H and O–H groups in total. The molecular formula is C12H20F2N2O. The van der Waals surface area contributed by atoms with E-state index >= 15 is 0 Å². The predicted octanol–water partition coefficient (Wildman–Crippen LogP) is 3.53. The van der Waals surface area contributed by atoms with Gasteiger partial charge in [0.15, 0.2) is 0 Å². The fourth-order valence-corrected chi connectivity index (χ4v) is 1.37. The van der Waals surface area contributed by atoms with E-state index in [2.05, 4.69) is 4.98 Å². The Morgan fingerprint density at radius 2 is 1.76 bits per heavy atom. The average molecular weight is 246 g/mol. The molecule has 3 nitrogen and oxygen atoms in total. The standard InChI is InChI=1S/C12H20F2N2O/c1-7(2)9-8(10(13)14)15-11(17-9)12(3,4)16(5)6/h7,10H,1-6H3. The van der Waals surface area contributed by atoms with E-state index in [4.69, 9.17) is 4.42 Å². The Morgan fingerprint density at radius 1 is 1.24 bits per heavy atom. The van der Waals surface area contributed by atoms with Gasteiger partial charge in [0.25, 0.3) is 6.43 Å². The monoisotopic (exact) mass is 246 g/mol. The van der Waals surface area contributed by atoms with E-state index in [0.29, 0.717) is 5.89 Å². The highest BCUT2D eigenvalue weighted by molar-refractivity contribution is 5.17. The molecule has 0 aliphatic carbocycles. The van der Waals surface area contributed by atoms with Gasteiger partial charge in [0.05, 0.1) is 5.54 Å². The van der Waals surface area contributed by atoms with Crippen molar-refractivity contribution in [3.8, 4) is 0 Å². The van der Waals surface area contributed by atoms with Crippen molar-refractivity contribution in [2.45, 2.75) is 45.6 Å². The maximum Gasteiger partial charge on any atom is 0.283 e. The molecule has 0 amide bonds. The number of rotatable bonds is 4. The van der Waals surface area contributed by atoms with Crippen LogP contribution < -0.4 is 0 Å². The van der Waals surface area contributed by atoms with E-state index in [1.807, 2.05) is 46.7 Å². The summed E-state index contributed by atoms with van der Waals surface area (Å²) in [6.07, 6.45) is -2.59. The van der Waals surface area contributed by atoms with Crippen LogP contribution >= 0.6 is 0 Å². The molecule has 1 aromatic rings. The second-order valence-corrected chi connectivity index (χ2v) is 5.18. The first kappa shape index (κ1) is 14.1. The molecule has 0 aliphatic rings. The molecule has 5 heteroatoms. The molecule has 0 aromatic carbocycles. The maximum absolute atomic E-state index is 12.9. The summed E-state index contributed by atoms with van der Waals surface area (Å²) in [4.78, 5) is 5.85. The van der Waals surface area contributed by atoms with Crippen LogP contribution in [-0.4, -0.2) is 24.0 Å². The van der Waals surface area contributed by atoms with Crippen LogP contribution in [0.2, 0.25) is 0 Å². The molecule has 0 spiro atoms. The quantitative estimate of drug-likeness (QED) is 0.813. The molecule has 1 heterocycles. The summed E-state index contributed by atoms with van der Waals surface area (Å²) in [5.74, 6) is 0.518. The molecule has 0 radical (unpaired) electrons. The first-order chi connectivity index (χ1) is 7.67. The lowest BCUT2D eigenvalue weighted by atomic mass is 10.0. The summed E-state index contributed by atoms with van der Waals surface area (Å²) in [6.45, 7) is 7.41. The Kier molecular flexibility index (Phi) is 3.91. The van der Waals surface area contributed by atoms with Crippen LogP contribution in [0.15, 0.2) is 4.42 Å².